The number of hydrogen-bond donors (Lipinski definition) is 3. The summed E-state index contributed by atoms with van der Waals surface area (Å²) in [6.07, 6.45) is 6.10. The van der Waals surface area contributed by atoms with Gasteiger partial charge in [0.15, 0.2) is 17.5 Å². The molecule has 7 nitrogen and oxygen atoms in total. The quantitative estimate of drug-likeness (QED) is 0.576. The molecule has 0 bridgehead atoms. The number of H-pyrrole nitrogens is 1. The van der Waals surface area contributed by atoms with Crippen LogP contribution in [0, 0.1) is 17.0 Å². The Morgan fingerprint density at radius 3 is 2.71 bits per heavy atom. The van der Waals surface area contributed by atoms with Crippen molar-refractivity contribution in [2.45, 2.75) is 26.8 Å². The van der Waals surface area contributed by atoms with Crippen LogP contribution in [-0.2, 0) is 4.79 Å². The van der Waals surface area contributed by atoms with Crippen LogP contribution in [0.4, 0.5) is 14.6 Å². The number of pyridine rings is 1. The Balaban J connectivity index is 2.01. The number of aliphatic carboxylic acids is 1. The van der Waals surface area contributed by atoms with Crippen molar-refractivity contribution in [3.05, 3.63) is 48.4 Å². The summed E-state index contributed by atoms with van der Waals surface area (Å²) in [6.45, 7) is 5.64. The van der Waals surface area contributed by atoms with Crippen molar-refractivity contribution in [2.75, 3.05) is 5.32 Å². The van der Waals surface area contributed by atoms with Crippen molar-refractivity contribution in [3.8, 4) is 11.4 Å². The SMILES string of the molecule is CC(C)(C)[C@@H](/C=C/C(=O)O)Nc1nc(-c2c[nH]c3ncc(F)cc23)ncc1F. The van der Waals surface area contributed by atoms with Gasteiger partial charge in [-0.25, -0.2) is 28.5 Å². The fourth-order valence-corrected chi connectivity index (χ4v) is 2.64. The fourth-order valence-electron chi connectivity index (χ4n) is 2.64. The number of nitrogens with one attached hydrogen (secondary N) is 2. The molecule has 146 valence electrons. The number of nitrogens with zero attached hydrogens (tertiary/aromatic N) is 3. The normalized spacial score (nSPS) is 13.2. The lowest BCUT2D eigenvalue weighted by Crippen LogP contribution is -2.33. The van der Waals surface area contributed by atoms with E-state index in [1.165, 1.54) is 12.1 Å². The highest BCUT2D eigenvalue weighted by Gasteiger charge is 2.24. The minimum absolute atomic E-state index is 0.0846. The minimum atomic E-state index is -1.10. The molecule has 3 rings (SSSR count). The number of carboxylic acid groups (broad SMARTS) is 1. The highest BCUT2D eigenvalue weighted by atomic mass is 19.1. The Labute approximate surface area is 159 Å². The van der Waals surface area contributed by atoms with E-state index in [4.69, 9.17) is 5.11 Å². The second kappa shape index (κ2) is 7.34. The van der Waals surface area contributed by atoms with E-state index in [1.807, 2.05) is 20.8 Å². The van der Waals surface area contributed by atoms with E-state index in [9.17, 15) is 13.6 Å². The first kappa shape index (κ1) is 19.4. The Morgan fingerprint density at radius 2 is 2.04 bits per heavy atom. The van der Waals surface area contributed by atoms with Crippen molar-refractivity contribution >= 4 is 22.8 Å². The van der Waals surface area contributed by atoms with E-state index in [0.29, 0.717) is 16.6 Å². The summed E-state index contributed by atoms with van der Waals surface area (Å²) in [4.78, 5) is 25.9. The van der Waals surface area contributed by atoms with E-state index < -0.39 is 29.1 Å². The third kappa shape index (κ3) is 4.13. The van der Waals surface area contributed by atoms with Crippen LogP contribution in [0.1, 0.15) is 20.8 Å². The van der Waals surface area contributed by atoms with Gasteiger partial charge in [0.25, 0.3) is 0 Å². The first-order chi connectivity index (χ1) is 13.1. The molecule has 0 saturated heterocycles. The molecule has 0 amide bonds. The lowest BCUT2D eigenvalue weighted by Gasteiger charge is -2.29. The number of fused-ring (bicyclic) bond motifs is 1. The number of aromatic amines is 1. The zero-order valence-corrected chi connectivity index (χ0v) is 15.5. The zero-order chi connectivity index (χ0) is 20.5. The highest BCUT2D eigenvalue weighted by molar-refractivity contribution is 5.91. The van der Waals surface area contributed by atoms with Crippen molar-refractivity contribution in [2.24, 2.45) is 5.41 Å². The van der Waals surface area contributed by atoms with Crippen LogP contribution < -0.4 is 5.32 Å². The molecule has 0 aliphatic heterocycles. The highest BCUT2D eigenvalue weighted by Crippen LogP contribution is 2.29. The van der Waals surface area contributed by atoms with E-state index in [0.717, 1.165) is 18.5 Å². The number of aromatic nitrogens is 4. The number of rotatable bonds is 5. The predicted molar refractivity (Wildman–Crippen MR) is 101 cm³/mol. The molecule has 0 aromatic carbocycles. The minimum Gasteiger partial charge on any atom is -0.478 e. The van der Waals surface area contributed by atoms with Gasteiger partial charge < -0.3 is 15.4 Å². The Hall–Kier alpha value is -3.36. The molecule has 3 aromatic rings. The van der Waals surface area contributed by atoms with Gasteiger partial charge in [-0.1, -0.05) is 26.8 Å². The van der Waals surface area contributed by atoms with Gasteiger partial charge in [-0.2, -0.15) is 0 Å². The van der Waals surface area contributed by atoms with Crippen LogP contribution >= 0.6 is 0 Å². The molecule has 0 unspecified atom stereocenters. The van der Waals surface area contributed by atoms with Crippen molar-refractivity contribution in [3.63, 3.8) is 0 Å². The second-order valence-electron chi connectivity index (χ2n) is 7.33. The topological polar surface area (TPSA) is 104 Å². The van der Waals surface area contributed by atoms with E-state index in [-0.39, 0.29) is 11.6 Å². The number of halogens is 2. The molecule has 3 N–H and O–H groups in total. The fraction of sp³-hybridized carbons (Fsp3) is 0.263. The van der Waals surface area contributed by atoms with E-state index >= 15 is 0 Å². The summed E-state index contributed by atoms with van der Waals surface area (Å²) in [7, 11) is 0. The smallest absolute Gasteiger partial charge is 0.328 e. The third-order valence-electron chi connectivity index (χ3n) is 4.14. The lowest BCUT2D eigenvalue weighted by molar-refractivity contribution is -0.131. The van der Waals surface area contributed by atoms with Gasteiger partial charge in [0.1, 0.15) is 11.5 Å². The number of hydrogen-bond acceptors (Lipinski definition) is 5. The molecule has 1 atom stereocenters. The molecule has 0 saturated carbocycles. The summed E-state index contributed by atoms with van der Waals surface area (Å²) >= 11 is 0. The zero-order valence-electron chi connectivity index (χ0n) is 15.5. The summed E-state index contributed by atoms with van der Waals surface area (Å²) in [5.74, 6) is -2.21. The molecular formula is C19H19F2N5O2. The van der Waals surface area contributed by atoms with Gasteiger partial charge in [-0.15, -0.1) is 0 Å². The standard InChI is InChI=1S/C19H19F2N5O2/c1-19(2,3)14(4-5-15(27)28)25-18-13(21)9-24-17(26-18)12-8-23-16-11(12)6-10(20)7-22-16/h4-9,14H,1-3H3,(H,22,23)(H,27,28)(H,24,25,26)/b5-4+/t14-/m1/s1. The summed E-state index contributed by atoms with van der Waals surface area (Å²) < 4.78 is 27.9. The molecule has 0 aliphatic carbocycles. The average Bonchev–Trinajstić information content (AvgIpc) is 3.01. The molecule has 0 aliphatic rings. The van der Waals surface area contributed by atoms with Crippen LogP contribution in [-0.4, -0.2) is 37.1 Å². The van der Waals surface area contributed by atoms with Crippen molar-refractivity contribution in [1.82, 2.24) is 19.9 Å². The summed E-state index contributed by atoms with van der Waals surface area (Å²) in [5.41, 5.74) is 0.506. The molecule has 0 spiro atoms. The maximum atomic E-state index is 14.3. The van der Waals surface area contributed by atoms with Crippen molar-refractivity contribution < 1.29 is 18.7 Å². The molecule has 3 heterocycles. The largest absolute Gasteiger partial charge is 0.478 e. The lowest BCUT2D eigenvalue weighted by atomic mass is 9.86. The third-order valence-corrected chi connectivity index (χ3v) is 4.14. The number of carboxylic acids is 1. The Kier molecular flexibility index (Phi) is 5.08. The molecule has 28 heavy (non-hydrogen) atoms. The molecule has 3 aromatic heterocycles. The molecule has 0 radical (unpaired) electrons. The van der Waals surface area contributed by atoms with Gasteiger partial charge in [-0.3, -0.25) is 0 Å². The first-order valence-electron chi connectivity index (χ1n) is 8.48. The van der Waals surface area contributed by atoms with Crippen LogP contribution in [0.2, 0.25) is 0 Å². The first-order valence-corrected chi connectivity index (χ1v) is 8.48. The van der Waals surface area contributed by atoms with Crippen LogP contribution in [0.15, 0.2) is 36.8 Å². The van der Waals surface area contributed by atoms with E-state index in [2.05, 4.69) is 25.3 Å². The monoisotopic (exact) mass is 387 g/mol. The van der Waals surface area contributed by atoms with Crippen LogP contribution in [0.25, 0.3) is 22.4 Å². The predicted octanol–water partition coefficient (Wildman–Crippen LogP) is 3.77. The maximum absolute atomic E-state index is 14.3. The maximum Gasteiger partial charge on any atom is 0.328 e. The van der Waals surface area contributed by atoms with Gasteiger partial charge in [0.05, 0.1) is 18.4 Å². The summed E-state index contributed by atoms with van der Waals surface area (Å²) in [6, 6.07) is 0.782. The van der Waals surface area contributed by atoms with Gasteiger partial charge in [0, 0.05) is 23.2 Å². The number of anilines is 1. The molecule has 9 heteroatoms. The average molecular weight is 387 g/mol. The van der Waals surface area contributed by atoms with Crippen LogP contribution in [0.3, 0.4) is 0 Å². The van der Waals surface area contributed by atoms with Gasteiger partial charge in [-0.05, 0) is 11.5 Å². The molecule has 0 fully saturated rings. The van der Waals surface area contributed by atoms with Crippen molar-refractivity contribution in [1.29, 1.82) is 0 Å². The van der Waals surface area contributed by atoms with E-state index in [1.54, 1.807) is 6.20 Å². The molecular weight excluding hydrogens is 368 g/mol. The Morgan fingerprint density at radius 1 is 1.29 bits per heavy atom. The Bertz CT molecular complexity index is 1060. The summed E-state index contributed by atoms with van der Waals surface area (Å²) in [5, 5.41) is 12.3. The number of carbonyl (C=O) groups is 1. The van der Waals surface area contributed by atoms with Crippen LogP contribution in [0.5, 0.6) is 0 Å². The van der Waals surface area contributed by atoms with Gasteiger partial charge >= 0.3 is 5.97 Å². The second-order valence-corrected chi connectivity index (χ2v) is 7.33. The van der Waals surface area contributed by atoms with Gasteiger partial charge in [0.2, 0.25) is 0 Å².